The van der Waals surface area contributed by atoms with Gasteiger partial charge in [-0.1, -0.05) is 6.42 Å². The van der Waals surface area contributed by atoms with Crippen molar-refractivity contribution in [3.05, 3.63) is 0 Å². The highest BCUT2D eigenvalue weighted by Crippen LogP contribution is 2.26. The molecule has 4 nitrogen and oxygen atoms in total. The number of piperidine rings is 1. The number of rotatable bonds is 2. The molecule has 2 rings (SSSR count). The summed E-state index contributed by atoms with van der Waals surface area (Å²) in [5.74, 6) is 0.626. The van der Waals surface area contributed by atoms with Crippen molar-refractivity contribution < 1.29 is 9.53 Å². The van der Waals surface area contributed by atoms with E-state index in [0.29, 0.717) is 12.5 Å². The van der Waals surface area contributed by atoms with Gasteiger partial charge in [0.1, 0.15) is 0 Å². The number of amides is 1. The summed E-state index contributed by atoms with van der Waals surface area (Å²) in [7, 11) is 0. The number of ether oxygens (including phenoxy) is 1. The summed E-state index contributed by atoms with van der Waals surface area (Å²) in [5, 5.41) is 0. The van der Waals surface area contributed by atoms with E-state index < -0.39 is 0 Å². The van der Waals surface area contributed by atoms with Crippen molar-refractivity contribution >= 4 is 6.09 Å². The van der Waals surface area contributed by atoms with E-state index in [9.17, 15) is 4.79 Å². The fraction of sp³-hybridized carbons (Fsp3) is 0.909. The van der Waals surface area contributed by atoms with Crippen molar-refractivity contribution in [2.24, 2.45) is 11.7 Å². The number of nitrogens with two attached hydrogens (primary N) is 1. The zero-order chi connectivity index (χ0) is 10.7. The lowest BCUT2D eigenvalue weighted by molar-refractivity contribution is 0.0655. The van der Waals surface area contributed by atoms with Crippen molar-refractivity contribution in [1.29, 1.82) is 0 Å². The van der Waals surface area contributed by atoms with Crippen molar-refractivity contribution in [2.45, 2.75) is 38.1 Å². The van der Waals surface area contributed by atoms with Crippen LogP contribution in [0.3, 0.4) is 0 Å². The van der Waals surface area contributed by atoms with Crippen molar-refractivity contribution in [2.75, 3.05) is 19.7 Å². The van der Waals surface area contributed by atoms with Crippen LogP contribution in [-0.2, 0) is 4.74 Å². The summed E-state index contributed by atoms with van der Waals surface area (Å²) in [4.78, 5) is 13.4. The van der Waals surface area contributed by atoms with E-state index in [1.54, 1.807) is 4.90 Å². The number of likely N-dealkylation sites (tertiary alicyclic amines) is 1. The van der Waals surface area contributed by atoms with Crippen LogP contribution in [0.5, 0.6) is 0 Å². The van der Waals surface area contributed by atoms with Gasteiger partial charge in [-0.2, -0.15) is 0 Å². The van der Waals surface area contributed by atoms with Gasteiger partial charge in [-0.15, -0.1) is 0 Å². The standard InChI is InChI=1S/C11H20N2O2/c12-10-4-6-13(7-5-10)11(14)15-8-9-2-1-3-9/h9-10H,1-8,12H2. The number of hydrogen-bond acceptors (Lipinski definition) is 3. The van der Waals surface area contributed by atoms with E-state index in [4.69, 9.17) is 10.5 Å². The molecule has 1 saturated carbocycles. The predicted octanol–water partition coefficient (Wildman–Crippen LogP) is 1.35. The van der Waals surface area contributed by atoms with E-state index in [1.807, 2.05) is 0 Å². The molecule has 0 bridgehead atoms. The average Bonchev–Trinajstić information content (AvgIpc) is 2.16. The molecule has 0 atom stereocenters. The maximum Gasteiger partial charge on any atom is 0.409 e. The molecule has 0 aromatic carbocycles. The SMILES string of the molecule is NC1CCN(C(=O)OCC2CCC2)CC1. The van der Waals surface area contributed by atoms with Crippen LogP contribution in [0.4, 0.5) is 4.79 Å². The Labute approximate surface area is 90.8 Å². The zero-order valence-electron chi connectivity index (χ0n) is 9.15. The molecule has 0 spiro atoms. The third kappa shape index (κ3) is 2.84. The molecule has 4 heteroatoms. The predicted molar refractivity (Wildman–Crippen MR) is 57.5 cm³/mol. The highest BCUT2D eigenvalue weighted by molar-refractivity contribution is 5.67. The molecule has 2 fully saturated rings. The molecule has 1 aliphatic carbocycles. The second-order valence-electron chi connectivity index (χ2n) is 4.70. The first kappa shape index (κ1) is 10.7. The van der Waals surface area contributed by atoms with Crippen LogP contribution in [0.2, 0.25) is 0 Å². The molecular formula is C11H20N2O2. The molecule has 0 unspecified atom stereocenters. The Morgan fingerprint density at radius 2 is 1.93 bits per heavy atom. The van der Waals surface area contributed by atoms with Gasteiger partial charge in [0.05, 0.1) is 6.61 Å². The molecule has 0 radical (unpaired) electrons. The fourth-order valence-electron chi connectivity index (χ4n) is 2.02. The maximum atomic E-state index is 11.6. The van der Waals surface area contributed by atoms with Gasteiger partial charge in [0.15, 0.2) is 0 Å². The summed E-state index contributed by atoms with van der Waals surface area (Å²) >= 11 is 0. The van der Waals surface area contributed by atoms with Gasteiger partial charge >= 0.3 is 6.09 Å². The van der Waals surface area contributed by atoms with Gasteiger partial charge in [-0.3, -0.25) is 0 Å². The number of carbonyl (C=O) groups is 1. The smallest absolute Gasteiger partial charge is 0.409 e. The Morgan fingerprint density at radius 3 is 2.47 bits per heavy atom. The summed E-state index contributed by atoms with van der Waals surface area (Å²) in [6, 6.07) is 0.265. The van der Waals surface area contributed by atoms with E-state index >= 15 is 0 Å². The first-order valence-electron chi connectivity index (χ1n) is 5.93. The van der Waals surface area contributed by atoms with Crippen molar-refractivity contribution in [3.63, 3.8) is 0 Å². The van der Waals surface area contributed by atoms with Gasteiger partial charge < -0.3 is 15.4 Å². The molecule has 2 aliphatic rings. The fourth-order valence-corrected chi connectivity index (χ4v) is 2.02. The third-order valence-corrected chi connectivity index (χ3v) is 3.47. The quantitative estimate of drug-likeness (QED) is 0.751. The number of hydrogen-bond donors (Lipinski definition) is 1. The Bertz CT molecular complexity index is 221. The van der Waals surface area contributed by atoms with Crippen molar-refractivity contribution in [3.8, 4) is 0 Å². The van der Waals surface area contributed by atoms with Crippen LogP contribution >= 0.6 is 0 Å². The minimum atomic E-state index is -0.145. The van der Waals surface area contributed by atoms with E-state index in [1.165, 1.54) is 19.3 Å². The number of nitrogens with zero attached hydrogens (tertiary/aromatic N) is 1. The Balaban J connectivity index is 1.66. The second-order valence-corrected chi connectivity index (χ2v) is 4.70. The molecular weight excluding hydrogens is 192 g/mol. The monoisotopic (exact) mass is 212 g/mol. The van der Waals surface area contributed by atoms with Crippen LogP contribution in [0.1, 0.15) is 32.1 Å². The van der Waals surface area contributed by atoms with Crippen LogP contribution in [0, 0.1) is 5.92 Å². The van der Waals surface area contributed by atoms with Crippen LogP contribution in [0.25, 0.3) is 0 Å². The number of carbonyl (C=O) groups excluding carboxylic acids is 1. The zero-order valence-corrected chi connectivity index (χ0v) is 9.15. The van der Waals surface area contributed by atoms with Gasteiger partial charge in [-0.25, -0.2) is 4.79 Å². The highest BCUT2D eigenvalue weighted by Gasteiger charge is 2.24. The lowest BCUT2D eigenvalue weighted by Gasteiger charge is -2.31. The summed E-state index contributed by atoms with van der Waals surface area (Å²) in [6.45, 7) is 2.12. The van der Waals surface area contributed by atoms with Gasteiger partial charge in [-0.05, 0) is 31.6 Å². The minimum Gasteiger partial charge on any atom is -0.449 e. The largest absolute Gasteiger partial charge is 0.449 e. The molecule has 1 heterocycles. The Hall–Kier alpha value is -0.770. The molecule has 86 valence electrons. The van der Waals surface area contributed by atoms with Crippen molar-refractivity contribution in [1.82, 2.24) is 4.90 Å². The Kier molecular flexibility index (Phi) is 3.46. The average molecular weight is 212 g/mol. The lowest BCUT2D eigenvalue weighted by Crippen LogP contribution is -2.43. The van der Waals surface area contributed by atoms with Gasteiger partial charge in [0.25, 0.3) is 0 Å². The normalized spacial score (nSPS) is 23.7. The van der Waals surface area contributed by atoms with E-state index in [-0.39, 0.29) is 12.1 Å². The molecule has 1 aliphatic heterocycles. The highest BCUT2D eigenvalue weighted by atomic mass is 16.6. The van der Waals surface area contributed by atoms with Crippen LogP contribution in [-0.4, -0.2) is 36.7 Å². The summed E-state index contributed by atoms with van der Waals surface area (Å²) in [5.41, 5.74) is 5.77. The molecule has 0 aromatic rings. The van der Waals surface area contributed by atoms with Crippen LogP contribution < -0.4 is 5.73 Å². The molecule has 0 aromatic heterocycles. The van der Waals surface area contributed by atoms with Crippen LogP contribution in [0.15, 0.2) is 0 Å². The Morgan fingerprint density at radius 1 is 1.27 bits per heavy atom. The molecule has 1 saturated heterocycles. The second kappa shape index (κ2) is 4.84. The molecule has 1 amide bonds. The van der Waals surface area contributed by atoms with E-state index in [0.717, 1.165) is 25.9 Å². The first-order valence-corrected chi connectivity index (χ1v) is 5.93. The molecule has 15 heavy (non-hydrogen) atoms. The summed E-state index contributed by atoms with van der Waals surface area (Å²) < 4.78 is 5.27. The summed E-state index contributed by atoms with van der Waals surface area (Å²) in [6.07, 6.45) is 5.39. The first-order chi connectivity index (χ1) is 7.25. The maximum absolute atomic E-state index is 11.6. The minimum absolute atomic E-state index is 0.145. The third-order valence-electron chi connectivity index (χ3n) is 3.47. The van der Waals surface area contributed by atoms with E-state index in [2.05, 4.69) is 0 Å². The molecule has 2 N–H and O–H groups in total. The lowest BCUT2D eigenvalue weighted by atomic mass is 9.86. The van der Waals surface area contributed by atoms with Gasteiger partial charge in [0, 0.05) is 19.1 Å². The van der Waals surface area contributed by atoms with Gasteiger partial charge in [0.2, 0.25) is 0 Å². The topological polar surface area (TPSA) is 55.6 Å².